The molecule has 6 heteroatoms. The lowest BCUT2D eigenvalue weighted by Gasteiger charge is -2.19. The molecule has 0 aliphatic carbocycles. The van der Waals surface area contributed by atoms with Crippen LogP contribution >= 0.6 is 11.6 Å². The van der Waals surface area contributed by atoms with Gasteiger partial charge in [0, 0.05) is 24.2 Å². The summed E-state index contributed by atoms with van der Waals surface area (Å²) < 4.78 is 10.9. The van der Waals surface area contributed by atoms with Crippen molar-refractivity contribution in [1.82, 2.24) is 4.98 Å². The van der Waals surface area contributed by atoms with E-state index in [0.717, 1.165) is 5.56 Å². The highest BCUT2D eigenvalue weighted by Gasteiger charge is 2.15. The highest BCUT2D eigenvalue weighted by Crippen LogP contribution is 2.38. The molecule has 0 unspecified atom stereocenters. The molecule has 22 heavy (non-hydrogen) atoms. The van der Waals surface area contributed by atoms with Gasteiger partial charge in [-0.3, -0.25) is 9.78 Å². The van der Waals surface area contributed by atoms with Gasteiger partial charge in [-0.1, -0.05) is 11.6 Å². The summed E-state index contributed by atoms with van der Waals surface area (Å²) in [7, 11) is 0. The third kappa shape index (κ3) is 3.38. The fraction of sp³-hybridized carbons (Fsp3) is 0.125. The summed E-state index contributed by atoms with van der Waals surface area (Å²) >= 11 is 6.15. The number of rotatable bonds is 3. The van der Waals surface area contributed by atoms with Crippen molar-refractivity contribution in [2.75, 3.05) is 18.5 Å². The third-order valence-electron chi connectivity index (χ3n) is 2.99. The zero-order valence-corrected chi connectivity index (χ0v) is 12.3. The van der Waals surface area contributed by atoms with Crippen LogP contribution in [-0.4, -0.2) is 24.1 Å². The van der Waals surface area contributed by atoms with Crippen LogP contribution in [0.5, 0.6) is 11.5 Å². The second-order valence-electron chi connectivity index (χ2n) is 4.59. The number of hydrogen-bond acceptors (Lipinski definition) is 4. The van der Waals surface area contributed by atoms with Crippen LogP contribution in [-0.2, 0) is 4.79 Å². The molecule has 3 rings (SSSR count). The first-order chi connectivity index (χ1) is 10.7. The Morgan fingerprint density at radius 2 is 2.00 bits per heavy atom. The number of nitrogens with zero attached hydrogens (tertiary/aromatic N) is 1. The summed E-state index contributed by atoms with van der Waals surface area (Å²) in [5.41, 5.74) is 1.45. The molecule has 0 bridgehead atoms. The number of hydrogen-bond donors (Lipinski definition) is 1. The zero-order valence-electron chi connectivity index (χ0n) is 11.6. The Morgan fingerprint density at radius 3 is 2.82 bits per heavy atom. The van der Waals surface area contributed by atoms with E-state index in [2.05, 4.69) is 10.3 Å². The van der Waals surface area contributed by atoms with E-state index >= 15 is 0 Å². The number of nitrogens with one attached hydrogen (secondary N) is 1. The number of carbonyl (C=O) groups is 1. The first kappa shape index (κ1) is 14.4. The minimum atomic E-state index is -0.239. The predicted molar refractivity (Wildman–Crippen MR) is 84.3 cm³/mol. The lowest BCUT2D eigenvalue weighted by Crippen LogP contribution is -2.15. The van der Waals surface area contributed by atoms with E-state index in [4.69, 9.17) is 21.1 Å². The Balaban J connectivity index is 1.72. The van der Waals surface area contributed by atoms with E-state index in [1.165, 1.54) is 6.08 Å². The molecule has 0 spiro atoms. The summed E-state index contributed by atoms with van der Waals surface area (Å²) in [6, 6.07) is 6.95. The fourth-order valence-electron chi connectivity index (χ4n) is 2.02. The molecule has 0 saturated carbocycles. The van der Waals surface area contributed by atoms with Crippen molar-refractivity contribution in [3.63, 3.8) is 0 Å². The number of carbonyl (C=O) groups excluding carboxylic acids is 1. The highest BCUT2D eigenvalue weighted by atomic mass is 35.5. The maximum atomic E-state index is 11.9. The van der Waals surface area contributed by atoms with Crippen molar-refractivity contribution >= 4 is 29.3 Å². The van der Waals surface area contributed by atoms with Crippen molar-refractivity contribution in [3.05, 3.63) is 53.3 Å². The van der Waals surface area contributed by atoms with Gasteiger partial charge in [0.1, 0.15) is 13.2 Å². The van der Waals surface area contributed by atoms with Crippen LogP contribution in [0.2, 0.25) is 5.02 Å². The maximum absolute atomic E-state index is 11.9. The monoisotopic (exact) mass is 316 g/mol. The predicted octanol–water partition coefficient (Wildman–Crippen LogP) is 3.16. The van der Waals surface area contributed by atoms with Crippen molar-refractivity contribution in [2.45, 2.75) is 0 Å². The minimum absolute atomic E-state index is 0.239. The van der Waals surface area contributed by atoms with Gasteiger partial charge in [-0.25, -0.2) is 0 Å². The zero-order chi connectivity index (χ0) is 15.4. The van der Waals surface area contributed by atoms with Gasteiger partial charge in [-0.2, -0.15) is 0 Å². The van der Waals surface area contributed by atoms with Crippen molar-refractivity contribution in [2.24, 2.45) is 0 Å². The number of aromatic nitrogens is 1. The smallest absolute Gasteiger partial charge is 0.248 e. The molecular weight excluding hydrogens is 304 g/mol. The molecule has 0 atom stereocenters. The SMILES string of the molecule is O=C(/C=C/c1cc(Cl)c2c(c1)OCCO2)Nc1ccncc1. The molecule has 0 fully saturated rings. The molecule has 1 amide bonds. The van der Waals surface area contributed by atoms with Crippen LogP contribution in [0.15, 0.2) is 42.7 Å². The summed E-state index contributed by atoms with van der Waals surface area (Å²) in [5.74, 6) is 0.899. The average molecular weight is 317 g/mol. The van der Waals surface area contributed by atoms with Crippen molar-refractivity contribution in [1.29, 1.82) is 0 Å². The van der Waals surface area contributed by atoms with Crippen molar-refractivity contribution in [3.8, 4) is 11.5 Å². The Kier molecular flexibility index (Phi) is 4.25. The lowest BCUT2D eigenvalue weighted by atomic mass is 10.1. The largest absolute Gasteiger partial charge is 0.486 e. The standard InChI is InChI=1S/C16H13ClN2O3/c17-13-9-11(10-14-16(13)22-8-7-21-14)1-2-15(20)19-12-3-5-18-6-4-12/h1-6,9-10H,7-8H2,(H,18,19,20)/b2-1+. The molecule has 0 radical (unpaired) electrons. The van der Waals surface area contributed by atoms with Crippen molar-refractivity contribution < 1.29 is 14.3 Å². The van der Waals surface area contributed by atoms with Crippen LogP contribution in [0.4, 0.5) is 5.69 Å². The van der Waals surface area contributed by atoms with Gasteiger partial charge in [-0.15, -0.1) is 0 Å². The molecule has 0 saturated heterocycles. The summed E-state index contributed by atoms with van der Waals surface area (Å²) in [5, 5.41) is 3.20. The van der Waals surface area contributed by atoms with Gasteiger partial charge in [0.25, 0.3) is 0 Å². The molecule has 1 aromatic heterocycles. The second-order valence-corrected chi connectivity index (χ2v) is 4.99. The molecule has 2 heterocycles. The number of anilines is 1. The van der Waals surface area contributed by atoms with Gasteiger partial charge in [0.15, 0.2) is 11.5 Å². The second kappa shape index (κ2) is 6.49. The third-order valence-corrected chi connectivity index (χ3v) is 3.27. The molecule has 5 nitrogen and oxygen atoms in total. The number of ether oxygens (including phenoxy) is 2. The molecule has 1 N–H and O–H groups in total. The minimum Gasteiger partial charge on any atom is -0.486 e. The number of pyridine rings is 1. The lowest BCUT2D eigenvalue weighted by molar-refractivity contribution is -0.111. The highest BCUT2D eigenvalue weighted by molar-refractivity contribution is 6.32. The first-order valence-corrected chi connectivity index (χ1v) is 7.08. The number of fused-ring (bicyclic) bond motifs is 1. The quantitative estimate of drug-likeness (QED) is 0.884. The van der Waals surface area contributed by atoms with E-state index in [1.807, 2.05) is 0 Å². The van der Waals surface area contributed by atoms with Crippen LogP contribution in [0, 0.1) is 0 Å². The molecule has 1 aliphatic heterocycles. The van der Waals surface area contributed by atoms with Crippen LogP contribution < -0.4 is 14.8 Å². The number of halogens is 1. The van der Waals surface area contributed by atoms with E-state index in [9.17, 15) is 4.79 Å². The van der Waals surface area contributed by atoms with E-state index in [1.54, 1.807) is 42.7 Å². The molecule has 1 aromatic carbocycles. The van der Waals surface area contributed by atoms with Crippen LogP contribution in [0.25, 0.3) is 6.08 Å². The van der Waals surface area contributed by atoms with Gasteiger partial charge in [0.05, 0.1) is 5.02 Å². The number of benzene rings is 1. The summed E-state index contributed by atoms with van der Waals surface area (Å²) in [6.07, 6.45) is 6.32. The molecular formula is C16H13ClN2O3. The van der Waals surface area contributed by atoms with Gasteiger partial charge in [-0.05, 0) is 35.9 Å². The Labute approximate surface area is 132 Å². The van der Waals surface area contributed by atoms with E-state index in [-0.39, 0.29) is 5.91 Å². The summed E-state index contributed by atoms with van der Waals surface area (Å²) in [6.45, 7) is 0.968. The van der Waals surface area contributed by atoms with E-state index in [0.29, 0.717) is 35.4 Å². The van der Waals surface area contributed by atoms with Gasteiger partial charge < -0.3 is 14.8 Å². The Bertz CT molecular complexity index is 717. The van der Waals surface area contributed by atoms with Gasteiger partial charge in [0.2, 0.25) is 5.91 Å². The van der Waals surface area contributed by atoms with Crippen LogP contribution in [0.3, 0.4) is 0 Å². The van der Waals surface area contributed by atoms with Crippen LogP contribution in [0.1, 0.15) is 5.56 Å². The maximum Gasteiger partial charge on any atom is 0.248 e. The normalized spacial score (nSPS) is 13.1. The Morgan fingerprint density at radius 1 is 1.23 bits per heavy atom. The van der Waals surface area contributed by atoms with Gasteiger partial charge >= 0.3 is 0 Å². The average Bonchev–Trinajstić information content (AvgIpc) is 2.54. The van der Waals surface area contributed by atoms with E-state index < -0.39 is 0 Å². The topological polar surface area (TPSA) is 60.5 Å². The summed E-state index contributed by atoms with van der Waals surface area (Å²) in [4.78, 5) is 15.7. The fourth-order valence-corrected chi connectivity index (χ4v) is 2.29. The Hall–Kier alpha value is -2.53. The molecule has 112 valence electrons. The number of amides is 1. The molecule has 2 aromatic rings. The first-order valence-electron chi connectivity index (χ1n) is 6.70. The molecule has 1 aliphatic rings.